The van der Waals surface area contributed by atoms with Crippen LogP contribution in [0.2, 0.25) is 0 Å². The number of carbonyl (C=O) groups excluding carboxylic acids is 2. The Labute approximate surface area is 96.7 Å². The van der Waals surface area contributed by atoms with Crippen molar-refractivity contribution < 1.29 is 19.1 Å². The SMILES string of the molecule is CCOC(=O)CCCCC(=O)OCC.Cl. The molecule has 0 unspecified atom stereocenters. The first-order chi connectivity index (χ1) is 6.70. The lowest BCUT2D eigenvalue weighted by Crippen LogP contribution is -2.06. The van der Waals surface area contributed by atoms with Gasteiger partial charge in [0.2, 0.25) is 0 Å². The van der Waals surface area contributed by atoms with Gasteiger partial charge < -0.3 is 9.47 Å². The summed E-state index contributed by atoms with van der Waals surface area (Å²) in [5.41, 5.74) is 0. The summed E-state index contributed by atoms with van der Waals surface area (Å²) in [6.07, 6.45) is 2.12. The second-order valence-electron chi connectivity index (χ2n) is 2.82. The highest BCUT2D eigenvalue weighted by Gasteiger charge is 2.04. The minimum atomic E-state index is -0.198. The fraction of sp³-hybridized carbons (Fsp3) is 0.800. The summed E-state index contributed by atoms with van der Waals surface area (Å²) < 4.78 is 9.48. The van der Waals surface area contributed by atoms with Gasteiger partial charge in [0, 0.05) is 12.8 Å². The molecule has 0 bridgehead atoms. The average molecular weight is 239 g/mol. The van der Waals surface area contributed by atoms with Crippen LogP contribution in [0.25, 0.3) is 0 Å². The third-order valence-electron chi connectivity index (χ3n) is 1.62. The summed E-state index contributed by atoms with van der Waals surface area (Å²) in [4.78, 5) is 21.8. The van der Waals surface area contributed by atoms with Crippen molar-refractivity contribution in [3.63, 3.8) is 0 Å². The summed E-state index contributed by atoms with van der Waals surface area (Å²) in [5, 5.41) is 0. The van der Waals surface area contributed by atoms with E-state index in [4.69, 9.17) is 9.47 Å². The first-order valence-electron chi connectivity index (χ1n) is 5.02. The van der Waals surface area contributed by atoms with Gasteiger partial charge in [0.15, 0.2) is 0 Å². The molecular formula is C10H19ClO4. The molecule has 0 saturated heterocycles. The molecule has 0 atom stereocenters. The maximum absolute atomic E-state index is 10.9. The Bertz CT molecular complexity index is 162. The van der Waals surface area contributed by atoms with Crippen LogP contribution in [0.15, 0.2) is 0 Å². The van der Waals surface area contributed by atoms with E-state index in [1.165, 1.54) is 0 Å². The maximum Gasteiger partial charge on any atom is 0.305 e. The molecule has 5 heteroatoms. The van der Waals surface area contributed by atoms with Gasteiger partial charge in [0.25, 0.3) is 0 Å². The van der Waals surface area contributed by atoms with Gasteiger partial charge in [-0.25, -0.2) is 0 Å². The molecule has 0 aliphatic rings. The molecule has 0 aliphatic carbocycles. The number of rotatable bonds is 7. The summed E-state index contributed by atoms with van der Waals surface area (Å²) in [6.45, 7) is 4.38. The van der Waals surface area contributed by atoms with Crippen LogP contribution < -0.4 is 0 Å². The zero-order chi connectivity index (χ0) is 10.8. The molecule has 0 N–H and O–H groups in total. The Balaban J connectivity index is 0. The lowest BCUT2D eigenvalue weighted by atomic mass is 10.2. The van der Waals surface area contributed by atoms with E-state index >= 15 is 0 Å². The predicted molar refractivity (Wildman–Crippen MR) is 59.0 cm³/mol. The topological polar surface area (TPSA) is 52.6 Å². The fourth-order valence-corrected chi connectivity index (χ4v) is 1.00. The number of unbranched alkanes of at least 4 members (excludes halogenated alkanes) is 1. The van der Waals surface area contributed by atoms with Crippen molar-refractivity contribution >= 4 is 24.3 Å². The van der Waals surface area contributed by atoms with Gasteiger partial charge in [-0.05, 0) is 26.7 Å². The second kappa shape index (κ2) is 11.3. The van der Waals surface area contributed by atoms with Crippen LogP contribution in [-0.2, 0) is 19.1 Å². The molecule has 0 fully saturated rings. The molecule has 15 heavy (non-hydrogen) atoms. The molecule has 4 nitrogen and oxygen atoms in total. The molecule has 0 saturated carbocycles. The quantitative estimate of drug-likeness (QED) is 0.504. The van der Waals surface area contributed by atoms with Crippen molar-refractivity contribution in [2.45, 2.75) is 39.5 Å². The minimum absolute atomic E-state index is 0. The Morgan fingerprint density at radius 2 is 1.20 bits per heavy atom. The van der Waals surface area contributed by atoms with Crippen LogP contribution in [0.3, 0.4) is 0 Å². The van der Waals surface area contributed by atoms with Crippen molar-refractivity contribution in [3.05, 3.63) is 0 Å². The van der Waals surface area contributed by atoms with Crippen molar-refractivity contribution in [1.29, 1.82) is 0 Å². The molecule has 0 aromatic heterocycles. The molecule has 0 rings (SSSR count). The fourth-order valence-electron chi connectivity index (χ4n) is 1.00. The molecular weight excluding hydrogens is 220 g/mol. The van der Waals surface area contributed by atoms with Crippen molar-refractivity contribution in [2.75, 3.05) is 13.2 Å². The van der Waals surface area contributed by atoms with Crippen molar-refractivity contribution in [3.8, 4) is 0 Å². The molecule has 0 radical (unpaired) electrons. The van der Waals surface area contributed by atoms with E-state index < -0.39 is 0 Å². The highest BCUT2D eigenvalue weighted by atomic mass is 35.5. The molecule has 0 aliphatic heterocycles. The number of esters is 2. The van der Waals surface area contributed by atoms with E-state index in [0.717, 1.165) is 0 Å². The Morgan fingerprint density at radius 1 is 0.867 bits per heavy atom. The van der Waals surface area contributed by atoms with Crippen molar-refractivity contribution in [2.24, 2.45) is 0 Å². The molecule has 90 valence electrons. The summed E-state index contributed by atoms with van der Waals surface area (Å²) in [5.74, 6) is -0.396. The molecule has 0 heterocycles. The zero-order valence-corrected chi connectivity index (χ0v) is 10.1. The predicted octanol–water partition coefficient (Wildman–Crippen LogP) is 2.09. The normalized spacial score (nSPS) is 8.93. The molecule has 0 aromatic carbocycles. The van der Waals surface area contributed by atoms with Crippen molar-refractivity contribution in [1.82, 2.24) is 0 Å². The second-order valence-corrected chi connectivity index (χ2v) is 2.82. The van der Waals surface area contributed by atoms with Gasteiger partial charge in [0.05, 0.1) is 13.2 Å². The Kier molecular flexibility index (Phi) is 12.6. The smallest absolute Gasteiger partial charge is 0.305 e. The van der Waals surface area contributed by atoms with Crippen LogP contribution in [0.5, 0.6) is 0 Å². The van der Waals surface area contributed by atoms with E-state index in [1.807, 2.05) is 0 Å². The number of ether oxygens (including phenoxy) is 2. The molecule has 0 aromatic rings. The van der Waals surface area contributed by atoms with Gasteiger partial charge in [0.1, 0.15) is 0 Å². The number of halogens is 1. The lowest BCUT2D eigenvalue weighted by molar-refractivity contribution is -0.145. The monoisotopic (exact) mass is 238 g/mol. The number of carbonyl (C=O) groups is 2. The van der Waals surface area contributed by atoms with Crippen LogP contribution >= 0.6 is 12.4 Å². The third-order valence-corrected chi connectivity index (χ3v) is 1.62. The Morgan fingerprint density at radius 3 is 1.47 bits per heavy atom. The van der Waals surface area contributed by atoms with Crippen LogP contribution in [-0.4, -0.2) is 25.2 Å². The lowest BCUT2D eigenvalue weighted by Gasteiger charge is -2.02. The van der Waals surface area contributed by atoms with Gasteiger partial charge in [-0.15, -0.1) is 12.4 Å². The van der Waals surface area contributed by atoms with E-state index in [-0.39, 0.29) is 24.3 Å². The van der Waals surface area contributed by atoms with Crippen LogP contribution in [0.1, 0.15) is 39.5 Å². The summed E-state index contributed by atoms with van der Waals surface area (Å²) in [6, 6.07) is 0. The van der Waals surface area contributed by atoms with Crippen LogP contribution in [0, 0.1) is 0 Å². The highest BCUT2D eigenvalue weighted by molar-refractivity contribution is 5.85. The maximum atomic E-state index is 10.9. The largest absolute Gasteiger partial charge is 0.466 e. The zero-order valence-electron chi connectivity index (χ0n) is 9.28. The standard InChI is InChI=1S/C10H18O4.ClH/c1-3-13-9(11)7-5-6-8-10(12)14-4-2;/h3-8H2,1-2H3;1H. The van der Waals surface area contributed by atoms with Gasteiger partial charge in [-0.3, -0.25) is 9.59 Å². The number of hydrogen-bond donors (Lipinski definition) is 0. The van der Waals surface area contributed by atoms with Gasteiger partial charge in [-0.1, -0.05) is 0 Å². The first-order valence-corrected chi connectivity index (χ1v) is 5.02. The van der Waals surface area contributed by atoms with Gasteiger partial charge in [-0.2, -0.15) is 0 Å². The van der Waals surface area contributed by atoms with E-state index in [0.29, 0.717) is 38.9 Å². The Hall–Kier alpha value is -0.770. The molecule has 0 amide bonds. The summed E-state index contributed by atoms with van der Waals surface area (Å²) >= 11 is 0. The average Bonchev–Trinajstić information content (AvgIpc) is 2.13. The van der Waals surface area contributed by atoms with E-state index in [2.05, 4.69) is 0 Å². The van der Waals surface area contributed by atoms with E-state index in [1.54, 1.807) is 13.8 Å². The summed E-state index contributed by atoms with van der Waals surface area (Å²) in [7, 11) is 0. The minimum Gasteiger partial charge on any atom is -0.466 e. The molecule has 0 spiro atoms. The first kappa shape index (κ1) is 16.7. The third kappa shape index (κ3) is 11.2. The highest BCUT2D eigenvalue weighted by Crippen LogP contribution is 2.02. The van der Waals surface area contributed by atoms with Gasteiger partial charge >= 0.3 is 11.9 Å². The van der Waals surface area contributed by atoms with E-state index in [9.17, 15) is 9.59 Å². The number of hydrogen-bond acceptors (Lipinski definition) is 4. The van der Waals surface area contributed by atoms with Crippen LogP contribution in [0.4, 0.5) is 0 Å².